The van der Waals surface area contributed by atoms with Crippen LogP contribution in [0.4, 0.5) is 5.82 Å². The molecule has 0 bridgehead atoms. The van der Waals surface area contributed by atoms with Gasteiger partial charge >= 0.3 is 0 Å². The first-order valence-corrected chi connectivity index (χ1v) is 12.0. The summed E-state index contributed by atoms with van der Waals surface area (Å²) in [5.41, 5.74) is 3.60. The average molecular weight is 473 g/mol. The van der Waals surface area contributed by atoms with Crippen molar-refractivity contribution in [1.82, 2.24) is 14.7 Å². The van der Waals surface area contributed by atoms with E-state index in [-0.39, 0.29) is 29.7 Å². The zero-order valence-electron chi connectivity index (χ0n) is 21.6. The molecule has 3 aromatic rings. The van der Waals surface area contributed by atoms with Crippen LogP contribution in [0.3, 0.4) is 0 Å². The molecule has 0 aliphatic rings. The lowest BCUT2D eigenvalue weighted by Crippen LogP contribution is -2.39. The molecule has 0 atom stereocenters. The summed E-state index contributed by atoms with van der Waals surface area (Å²) >= 11 is 0. The van der Waals surface area contributed by atoms with Crippen LogP contribution in [0.2, 0.25) is 0 Å². The van der Waals surface area contributed by atoms with Crippen molar-refractivity contribution in [2.45, 2.75) is 47.0 Å². The lowest BCUT2D eigenvalue weighted by atomic mass is 9.92. The van der Waals surface area contributed by atoms with Crippen LogP contribution < -0.4 is 5.32 Å². The van der Waals surface area contributed by atoms with Crippen LogP contribution in [-0.4, -0.2) is 39.6 Å². The molecule has 0 aliphatic heterocycles. The molecule has 35 heavy (non-hydrogen) atoms. The van der Waals surface area contributed by atoms with E-state index in [1.807, 2.05) is 81.4 Å². The summed E-state index contributed by atoms with van der Waals surface area (Å²) in [7, 11) is 0. The highest BCUT2D eigenvalue weighted by molar-refractivity contribution is 5.97. The number of nitrogens with zero attached hydrogens (tertiary/aromatic N) is 3. The summed E-state index contributed by atoms with van der Waals surface area (Å²) in [5, 5.41) is 7.78. The molecule has 1 aromatic heterocycles. The van der Waals surface area contributed by atoms with E-state index in [0.29, 0.717) is 12.4 Å². The highest BCUT2D eigenvalue weighted by Gasteiger charge is 2.23. The molecule has 0 saturated carbocycles. The maximum atomic E-state index is 13.1. The lowest BCUT2D eigenvalue weighted by Gasteiger charge is -2.23. The first-order valence-electron chi connectivity index (χ1n) is 12.0. The molecule has 1 heterocycles. The zero-order chi connectivity index (χ0) is 25.6. The highest BCUT2D eigenvalue weighted by atomic mass is 16.2. The Hall–Kier alpha value is -3.67. The number of anilines is 1. The summed E-state index contributed by atoms with van der Waals surface area (Å²) in [6.07, 6.45) is 3.30. The van der Waals surface area contributed by atoms with Crippen molar-refractivity contribution in [1.29, 1.82) is 0 Å². The molecule has 3 rings (SSSR count). The third-order valence-electron chi connectivity index (χ3n) is 5.44. The minimum atomic E-state index is -0.263. The van der Waals surface area contributed by atoms with Gasteiger partial charge in [0.15, 0.2) is 0 Å². The van der Waals surface area contributed by atoms with E-state index in [4.69, 9.17) is 5.10 Å². The molecule has 6 nitrogen and oxygen atoms in total. The average Bonchev–Trinajstić information content (AvgIpc) is 3.21. The van der Waals surface area contributed by atoms with Gasteiger partial charge in [0.25, 0.3) is 0 Å². The van der Waals surface area contributed by atoms with Crippen LogP contribution >= 0.6 is 0 Å². The molecular formula is C29H36N4O2. The van der Waals surface area contributed by atoms with Crippen molar-refractivity contribution < 1.29 is 9.59 Å². The number of carbonyl (C=O) groups is 2. The molecule has 0 spiro atoms. The van der Waals surface area contributed by atoms with E-state index in [1.165, 1.54) is 6.08 Å². The summed E-state index contributed by atoms with van der Waals surface area (Å²) in [6, 6.07) is 19.5. The third-order valence-corrected chi connectivity index (χ3v) is 5.44. The number of benzene rings is 2. The monoisotopic (exact) mass is 472 g/mol. The maximum absolute atomic E-state index is 13.1. The fraction of sp³-hybridized carbons (Fsp3) is 0.345. The summed E-state index contributed by atoms with van der Waals surface area (Å²) in [6.45, 7) is 12.8. The van der Waals surface area contributed by atoms with Crippen LogP contribution in [-0.2, 0) is 15.0 Å². The second kappa shape index (κ2) is 11.2. The summed E-state index contributed by atoms with van der Waals surface area (Å²) in [5.74, 6) is 0.353. The van der Waals surface area contributed by atoms with E-state index >= 15 is 0 Å². The molecule has 0 fully saturated rings. The summed E-state index contributed by atoms with van der Waals surface area (Å²) < 4.78 is 1.76. The molecule has 184 valence electrons. The molecular weight excluding hydrogens is 436 g/mol. The van der Waals surface area contributed by atoms with Gasteiger partial charge in [0.05, 0.1) is 11.4 Å². The Morgan fingerprint density at radius 2 is 1.77 bits per heavy atom. The van der Waals surface area contributed by atoms with Gasteiger partial charge in [-0.1, -0.05) is 77.1 Å². The van der Waals surface area contributed by atoms with Crippen molar-refractivity contribution in [3.8, 4) is 5.69 Å². The topological polar surface area (TPSA) is 67.2 Å². The first-order chi connectivity index (χ1) is 16.5. The lowest BCUT2D eigenvalue weighted by molar-refractivity contribution is -0.131. The second-order valence-electron chi connectivity index (χ2n) is 10.3. The molecule has 0 unspecified atom stereocenters. The maximum Gasteiger partial charge on any atom is 0.247 e. The zero-order valence-corrected chi connectivity index (χ0v) is 21.6. The number of nitrogens with one attached hydrogen (secondary N) is 1. The van der Waals surface area contributed by atoms with E-state index in [1.54, 1.807) is 15.7 Å². The van der Waals surface area contributed by atoms with Crippen LogP contribution in [0.15, 0.2) is 66.7 Å². The predicted octanol–water partition coefficient (Wildman–Crippen LogP) is 5.61. The van der Waals surface area contributed by atoms with Crippen molar-refractivity contribution in [3.63, 3.8) is 0 Å². The van der Waals surface area contributed by atoms with E-state index in [9.17, 15) is 9.59 Å². The molecule has 1 N–H and O–H groups in total. The molecule has 0 aliphatic carbocycles. The quantitative estimate of drug-likeness (QED) is 0.433. The number of hydrogen-bond acceptors (Lipinski definition) is 3. The van der Waals surface area contributed by atoms with Crippen LogP contribution in [0.5, 0.6) is 0 Å². The largest absolute Gasteiger partial charge is 0.330 e. The number of aromatic nitrogens is 2. The molecule has 0 saturated heterocycles. The SMILES string of the molecule is Cc1cccc(-n2nc(C(C)(C)C)cc2NC(=O)CN(CC(C)C)C(=O)C=Cc2ccccc2)c1. The Kier molecular flexibility index (Phi) is 8.28. The standard InChI is InChI=1S/C29H36N4O2/c1-21(2)19-32(28(35)16-15-23-12-8-7-9-13-23)20-27(34)30-26-18-25(29(4,5)6)31-33(26)24-14-10-11-22(3)17-24/h7-18,21H,19-20H2,1-6H3,(H,30,34). The molecule has 2 aromatic carbocycles. The number of carbonyl (C=O) groups excluding carboxylic acids is 2. The Morgan fingerprint density at radius 1 is 1.06 bits per heavy atom. The van der Waals surface area contributed by atoms with Gasteiger partial charge in [-0.25, -0.2) is 4.68 Å². The molecule has 6 heteroatoms. The van der Waals surface area contributed by atoms with Gasteiger partial charge < -0.3 is 10.2 Å². The van der Waals surface area contributed by atoms with Gasteiger partial charge in [-0.3, -0.25) is 9.59 Å². The highest BCUT2D eigenvalue weighted by Crippen LogP contribution is 2.26. The fourth-order valence-electron chi connectivity index (χ4n) is 3.66. The van der Waals surface area contributed by atoms with Gasteiger partial charge in [0, 0.05) is 24.1 Å². The fourth-order valence-corrected chi connectivity index (χ4v) is 3.66. The van der Waals surface area contributed by atoms with Crippen LogP contribution in [0.1, 0.15) is 51.4 Å². The van der Waals surface area contributed by atoms with Gasteiger partial charge in [0.1, 0.15) is 12.4 Å². The minimum absolute atomic E-state index is 0.0417. The van der Waals surface area contributed by atoms with Crippen molar-refractivity contribution in [2.24, 2.45) is 5.92 Å². The number of aryl methyl sites for hydroxylation is 1. The van der Waals surface area contributed by atoms with Gasteiger partial charge in [0.2, 0.25) is 11.8 Å². The van der Waals surface area contributed by atoms with E-state index in [2.05, 4.69) is 26.1 Å². The Balaban J connectivity index is 1.82. The molecule has 0 radical (unpaired) electrons. The van der Waals surface area contributed by atoms with Crippen molar-refractivity contribution in [3.05, 3.63) is 83.6 Å². The van der Waals surface area contributed by atoms with Crippen LogP contribution in [0.25, 0.3) is 11.8 Å². The normalized spacial score (nSPS) is 11.7. The predicted molar refractivity (Wildman–Crippen MR) is 143 cm³/mol. The first kappa shape index (κ1) is 25.9. The number of hydrogen-bond donors (Lipinski definition) is 1. The summed E-state index contributed by atoms with van der Waals surface area (Å²) in [4.78, 5) is 27.6. The van der Waals surface area contributed by atoms with Gasteiger partial charge in [-0.15, -0.1) is 0 Å². The Bertz CT molecular complexity index is 1190. The number of amides is 2. The Labute approximate surface area is 208 Å². The van der Waals surface area contributed by atoms with Crippen molar-refractivity contribution in [2.75, 3.05) is 18.4 Å². The third kappa shape index (κ3) is 7.41. The van der Waals surface area contributed by atoms with Gasteiger partial charge in [-0.2, -0.15) is 5.10 Å². The smallest absolute Gasteiger partial charge is 0.247 e. The minimum Gasteiger partial charge on any atom is -0.330 e. The second-order valence-corrected chi connectivity index (χ2v) is 10.3. The van der Waals surface area contributed by atoms with E-state index in [0.717, 1.165) is 22.5 Å². The van der Waals surface area contributed by atoms with Crippen LogP contribution in [0, 0.1) is 12.8 Å². The Morgan fingerprint density at radius 3 is 2.40 bits per heavy atom. The van der Waals surface area contributed by atoms with E-state index < -0.39 is 0 Å². The van der Waals surface area contributed by atoms with Crippen molar-refractivity contribution >= 4 is 23.7 Å². The molecule has 2 amide bonds. The number of rotatable bonds is 8. The van der Waals surface area contributed by atoms with Gasteiger partial charge in [-0.05, 0) is 42.2 Å².